The van der Waals surface area contributed by atoms with E-state index < -0.39 is 0 Å². The summed E-state index contributed by atoms with van der Waals surface area (Å²) in [5.41, 5.74) is 3.98. The fourth-order valence-corrected chi connectivity index (χ4v) is 3.48. The summed E-state index contributed by atoms with van der Waals surface area (Å²) in [6, 6.07) is 7.68. The second kappa shape index (κ2) is 6.53. The highest BCUT2D eigenvalue weighted by Crippen LogP contribution is 2.38. The van der Waals surface area contributed by atoms with Crippen molar-refractivity contribution in [3.05, 3.63) is 53.1 Å². The van der Waals surface area contributed by atoms with Crippen molar-refractivity contribution in [1.82, 2.24) is 4.90 Å². The molecule has 2 aliphatic rings. The van der Waals surface area contributed by atoms with Crippen LogP contribution in [-0.4, -0.2) is 30.7 Å². The first-order valence-corrected chi connectivity index (χ1v) is 8.32. The average Bonchev–Trinajstić information content (AvgIpc) is 2.57. The molecule has 1 aromatic rings. The molecule has 0 saturated carbocycles. The molecule has 1 amide bonds. The van der Waals surface area contributed by atoms with Crippen molar-refractivity contribution < 1.29 is 9.59 Å². The number of benzene rings is 1. The van der Waals surface area contributed by atoms with Crippen LogP contribution in [0.1, 0.15) is 48.0 Å². The van der Waals surface area contributed by atoms with Gasteiger partial charge in [-0.05, 0) is 36.8 Å². The van der Waals surface area contributed by atoms with Crippen molar-refractivity contribution in [3.8, 4) is 0 Å². The van der Waals surface area contributed by atoms with Gasteiger partial charge in [-0.15, -0.1) is 0 Å². The molecule has 3 heteroatoms. The average molecular weight is 309 g/mol. The second-order valence-corrected chi connectivity index (χ2v) is 6.58. The summed E-state index contributed by atoms with van der Waals surface area (Å²) in [5.74, 6) is -0.290. The largest absolute Gasteiger partial charge is 0.348 e. The lowest BCUT2D eigenvalue weighted by molar-refractivity contribution is -0.131. The monoisotopic (exact) mass is 309 g/mol. The Morgan fingerprint density at radius 1 is 1.17 bits per heavy atom. The molecule has 0 saturated heterocycles. The van der Waals surface area contributed by atoms with Crippen molar-refractivity contribution in [1.29, 1.82) is 0 Å². The molecule has 0 aromatic heterocycles. The van der Waals surface area contributed by atoms with Gasteiger partial charge in [-0.3, -0.25) is 9.59 Å². The molecule has 1 aromatic carbocycles. The van der Waals surface area contributed by atoms with E-state index >= 15 is 0 Å². The van der Waals surface area contributed by atoms with Crippen molar-refractivity contribution in [2.45, 2.75) is 32.1 Å². The Hall–Kier alpha value is -2.16. The van der Waals surface area contributed by atoms with Gasteiger partial charge in [0, 0.05) is 26.1 Å². The van der Waals surface area contributed by atoms with E-state index in [0.29, 0.717) is 0 Å². The van der Waals surface area contributed by atoms with Crippen LogP contribution in [0.2, 0.25) is 0 Å². The zero-order chi connectivity index (χ0) is 16.4. The highest BCUT2D eigenvalue weighted by atomic mass is 16.2. The lowest BCUT2D eigenvalue weighted by Crippen LogP contribution is -2.34. The van der Waals surface area contributed by atoms with Crippen LogP contribution >= 0.6 is 0 Å². The van der Waals surface area contributed by atoms with E-state index in [2.05, 4.69) is 12.2 Å². The third-order valence-electron chi connectivity index (χ3n) is 4.71. The number of hydrogen-bond acceptors (Lipinski definition) is 2. The number of nitrogens with zero attached hydrogens (tertiary/aromatic N) is 1. The van der Waals surface area contributed by atoms with Crippen LogP contribution in [0.4, 0.5) is 0 Å². The van der Waals surface area contributed by atoms with E-state index in [1.54, 1.807) is 19.0 Å². The minimum Gasteiger partial charge on any atom is -0.348 e. The molecule has 0 aliphatic heterocycles. The molecule has 0 bridgehead atoms. The SMILES string of the molecule is CN(C)C(=O)C1CC(=O)c2ccccc2/C1=C\C1=CCCCC1. The molecule has 0 fully saturated rings. The number of rotatable bonds is 2. The smallest absolute Gasteiger partial charge is 0.230 e. The summed E-state index contributed by atoms with van der Waals surface area (Å²) in [7, 11) is 3.51. The minimum atomic E-state index is -0.366. The second-order valence-electron chi connectivity index (χ2n) is 6.58. The van der Waals surface area contributed by atoms with Crippen molar-refractivity contribution >= 4 is 17.3 Å². The zero-order valence-corrected chi connectivity index (χ0v) is 13.8. The van der Waals surface area contributed by atoms with E-state index in [1.807, 2.05) is 24.3 Å². The molecule has 0 radical (unpaired) electrons. The molecule has 0 spiro atoms. The molecule has 3 nitrogen and oxygen atoms in total. The molecule has 3 rings (SSSR count). The minimum absolute atomic E-state index is 0.00973. The summed E-state index contributed by atoms with van der Waals surface area (Å²) in [6.07, 6.45) is 9.30. The van der Waals surface area contributed by atoms with Gasteiger partial charge < -0.3 is 4.90 Å². The van der Waals surface area contributed by atoms with Gasteiger partial charge in [-0.25, -0.2) is 0 Å². The molecular weight excluding hydrogens is 286 g/mol. The van der Waals surface area contributed by atoms with Gasteiger partial charge in [0.1, 0.15) is 0 Å². The van der Waals surface area contributed by atoms with Gasteiger partial charge in [0.25, 0.3) is 0 Å². The Morgan fingerprint density at radius 2 is 1.91 bits per heavy atom. The molecule has 120 valence electrons. The third-order valence-corrected chi connectivity index (χ3v) is 4.71. The van der Waals surface area contributed by atoms with Gasteiger partial charge in [0.2, 0.25) is 5.91 Å². The molecule has 23 heavy (non-hydrogen) atoms. The maximum Gasteiger partial charge on any atom is 0.230 e. The summed E-state index contributed by atoms with van der Waals surface area (Å²) < 4.78 is 0. The lowest BCUT2D eigenvalue weighted by Gasteiger charge is -2.29. The Balaban J connectivity index is 2.10. The summed E-state index contributed by atoms with van der Waals surface area (Å²) in [4.78, 5) is 26.7. The van der Waals surface area contributed by atoms with Crippen LogP contribution in [0.5, 0.6) is 0 Å². The maximum atomic E-state index is 12.6. The first-order valence-electron chi connectivity index (χ1n) is 8.32. The molecule has 1 unspecified atom stereocenters. The van der Waals surface area contributed by atoms with E-state index in [-0.39, 0.29) is 24.0 Å². The van der Waals surface area contributed by atoms with Crippen LogP contribution in [0.3, 0.4) is 0 Å². The van der Waals surface area contributed by atoms with Gasteiger partial charge in [0.05, 0.1) is 5.92 Å². The molecular formula is C20H23NO2. The Bertz CT molecular complexity index is 697. The van der Waals surface area contributed by atoms with Gasteiger partial charge >= 0.3 is 0 Å². The van der Waals surface area contributed by atoms with Crippen molar-refractivity contribution in [2.24, 2.45) is 5.92 Å². The lowest BCUT2D eigenvalue weighted by atomic mass is 9.77. The molecule has 0 N–H and O–H groups in total. The number of allylic oxidation sites excluding steroid dienone is 3. The van der Waals surface area contributed by atoms with Crippen LogP contribution in [0.25, 0.3) is 5.57 Å². The van der Waals surface area contributed by atoms with Crippen LogP contribution in [0.15, 0.2) is 42.0 Å². The number of Topliss-reactive ketones (excluding diaryl/α,β-unsaturated/α-hetero) is 1. The third kappa shape index (κ3) is 3.14. The first kappa shape index (κ1) is 15.7. The van der Waals surface area contributed by atoms with Gasteiger partial charge in [-0.1, -0.05) is 42.0 Å². The fourth-order valence-electron chi connectivity index (χ4n) is 3.48. The number of amides is 1. The zero-order valence-electron chi connectivity index (χ0n) is 13.8. The highest BCUT2D eigenvalue weighted by molar-refractivity contribution is 6.10. The number of hydrogen-bond donors (Lipinski definition) is 0. The highest BCUT2D eigenvalue weighted by Gasteiger charge is 2.34. The van der Waals surface area contributed by atoms with Gasteiger partial charge in [-0.2, -0.15) is 0 Å². The quantitative estimate of drug-likeness (QED) is 0.832. The van der Waals surface area contributed by atoms with Gasteiger partial charge in [0.15, 0.2) is 5.78 Å². The van der Waals surface area contributed by atoms with Crippen LogP contribution in [0, 0.1) is 5.92 Å². The Morgan fingerprint density at radius 3 is 2.57 bits per heavy atom. The Labute approximate surface area is 137 Å². The topological polar surface area (TPSA) is 37.4 Å². The van der Waals surface area contributed by atoms with E-state index in [9.17, 15) is 9.59 Å². The molecule has 2 aliphatic carbocycles. The van der Waals surface area contributed by atoms with E-state index in [0.717, 1.165) is 29.5 Å². The normalized spacial score (nSPS) is 22.5. The predicted octanol–water partition coefficient (Wildman–Crippen LogP) is 3.86. The fraction of sp³-hybridized carbons (Fsp3) is 0.400. The van der Waals surface area contributed by atoms with Crippen LogP contribution < -0.4 is 0 Å². The van der Waals surface area contributed by atoms with E-state index in [4.69, 9.17) is 0 Å². The standard InChI is InChI=1S/C20H23NO2/c1-21(2)20(23)18-13-19(22)16-11-7-6-10-15(16)17(18)12-14-8-4-3-5-9-14/h6-8,10-12,18H,3-5,9,13H2,1-2H3/b17-12+. The number of fused-ring (bicyclic) bond motifs is 1. The number of ketones is 1. The first-order chi connectivity index (χ1) is 11.1. The number of carbonyl (C=O) groups is 2. The summed E-state index contributed by atoms with van der Waals surface area (Å²) in [5, 5.41) is 0. The molecule has 1 atom stereocenters. The van der Waals surface area contributed by atoms with E-state index in [1.165, 1.54) is 18.4 Å². The van der Waals surface area contributed by atoms with Crippen molar-refractivity contribution in [3.63, 3.8) is 0 Å². The van der Waals surface area contributed by atoms with Crippen molar-refractivity contribution in [2.75, 3.05) is 14.1 Å². The summed E-state index contributed by atoms with van der Waals surface area (Å²) in [6.45, 7) is 0. The maximum absolute atomic E-state index is 12.6. The number of carbonyl (C=O) groups excluding carboxylic acids is 2. The molecule has 0 heterocycles. The summed E-state index contributed by atoms with van der Waals surface area (Å²) >= 11 is 0. The Kier molecular flexibility index (Phi) is 4.46. The van der Waals surface area contributed by atoms with Crippen LogP contribution in [-0.2, 0) is 4.79 Å². The predicted molar refractivity (Wildman–Crippen MR) is 92.1 cm³/mol.